The van der Waals surface area contributed by atoms with E-state index in [2.05, 4.69) is 10.9 Å². The fourth-order valence-corrected chi connectivity index (χ4v) is 2.86. The van der Waals surface area contributed by atoms with Gasteiger partial charge >= 0.3 is 0 Å². The molecule has 2 N–H and O–H groups in total. The van der Waals surface area contributed by atoms with E-state index >= 15 is 0 Å². The SMILES string of the molecule is CC=C(NNC(=O)c1cccc(N2CCCC2=O)c1)c1ccccc1. The summed E-state index contributed by atoms with van der Waals surface area (Å²) < 4.78 is 0. The van der Waals surface area contributed by atoms with Gasteiger partial charge in [0.1, 0.15) is 0 Å². The van der Waals surface area contributed by atoms with Crippen molar-refractivity contribution >= 4 is 23.2 Å². The molecule has 3 rings (SSSR count). The van der Waals surface area contributed by atoms with Crippen molar-refractivity contribution in [1.29, 1.82) is 0 Å². The van der Waals surface area contributed by atoms with E-state index in [0.29, 0.717) is 18.5 Å². The van der Waals surface area contributed by atoms with Crippen molar-refractivity contribution in [3.8, 4) is 0 Å². The minimum Gasteiger partial charge on any atom is -0.312 e. The van der Waals surface area contributed by atoms with E-state index in [1.54, 1.807) is 23.1 Å². The molecule has 5 heteroatoms. The lowest BCUT2D eigenvalue weighted by atomic mass is 10.1. The van der Waals surface area contributed by atoms with E-state index in [9.17, 15) is 9.59 Å². The van der Waals surface area contributed by atoms with Gasteiger partial charge in [0, 0.05) is 24.2 Å². The number of nitrogens with zero attached hydrogens (tertiary/aromatic N) is 1. The summed E-state index contributed by atoms with van der Waals surface area (Å²) in [4.78, 5) is 26.0. The van der Waals surface area contributed by atoms with Crippen LogP contribution in [-0.2, 0) is 4.79 Å². The third kappa shape index (κ3) is 3.88. The fraction of sp³-hybridized carbons (Fsp3) is 0.200. The Labute approximate surface area is 147 Å². The van der Waals surface area contributed by atoms with E-state index in [4.69, 9.17) is 0 Å². The second kappa shape index (κ2) is 7.66. The second-order valence-corrected chi connectivity index (χ2v) is 5.85. The number of nitrogens with one attached hydrogen (secondary N) is 2. The van der Waals surface area contributed by atoms with Crippen LogP contribution in [0.4, 0.5) is 5.69 Å². The molecule has 0 bridgehead atoms. The number of benzene rings is 2. The van der Waals surface area contributed by atoms with E-state index in [0.717, 1.165) is 23.4 Å². The van der Waals surface area contributed by atoms with Gasteiger partial charge in [0.05, 0.1) is 5.70 Å². The molecule has 2 aromatic rings. The Morgan fingerprint density at radius 2 is 1.80 bits per heavy atom. The lowest BCUT2D eigenvalue weighted by molar-refractivity contribution is -0.117. The highest BCUT2D eigenvalue weighted by atomic mass is 16.2. The first-order valence-electron chi connectivity index (χ1n) is 8.37. The molecule has 1 fully saturated rings. The zero-order valence-electron chi connectivity index (χ0n) is 14.2. The Balaban J connectivity index is 1.68. The molecule has 0 radical (unpaired) electrons. The number of amides is 2. The van der Waals surface area contributed by atoms with Crippen LogP contribution >= 0.6 is 0 Å². The predicted molar refractivity (Wildman–Crippen MR) is 98.7 cm³/mol. The largest absolute Gasteiger partial charge is 0.312 e. The van der Waals surface area contributed by atoms with Gasteiger partial charge in [-0.1, -0.05) is 42.5 Å². The Morgan fingerprint density at radius 3 is 2.48 bits per heavy atom. The lowest BCUT2D eigenvalue weighted by Crippen LogP contribution is -2.36. The molecule has 5 nitrogen and oxygen atoms in total. The molecular formula is C20H21N3O2. The van der Waals surface area contributed by atoms with Gasteiger partial charge in [-0.05, 0) is 37.1 Å². The van der Waals surface area contributed by atoms with Crippen LogP contribution in [0.2, 0.25) is 0 Å². The summed E-state index contributed by atoms with van der Waals surface area (Å²) in [7, 11) is 0. The molecule has 0 spiro atoms. The Morgan fingerprint density at radius 1 is 1.04 bits per heavy atom. The van der Waals surface area contributed by atoms with Crippen molar-refractivity contribution in [1.82, 2.24) is 10.9 Å². The van der Waals surface area contributed by atoms with Crippen LogP contribution in [0, 0.1) is 0 Å². The first kappa shape index (κ1) is 16.8. The first-order valence-corrected chi connectivity index (χ1v) is 8.37. The van der Waals surface area contributed by atoms with E-state index in [1.807, 2.05) is 49.4 Å². The predicted octanol–water partition coefficient (Wildman–Crippen LogP) is 3.11. The molecule has 0 atom stereocenters. The van der Waals surface area contributed by atoms with Crippen molar-refractivity contribution in [2.24, 2.45) is 0 Å². The van der Waals surface area contributed by atoms with Crippen LogP contribution in [0.15, 0.2) is 60.7 Å². The van der Waals surface area contributed by atoms with Crippen LogP contribution in [0.5, 0.6) is 0 Å². The molecule has 0 aromatic heterocycles. The molecular weight excluding hydrogens is 314 g/mol. The molecule has 0 unspecified atom stereocenters. The van der Waals surface area contributed by atoms with Gasteiger partial charge in [-0.3, -0.25) is 20.4 Å². The normalized spacial score (nSPS) is 14.5. The molecule has 2 aromatic carbocycles. The van der Waals surface area contributed by atoms with Crippen LogP contribution in [0.1, 0.15) is 35.7 Å². The number of allylic oxidation sites excluding steroid dienone is 1. The average Bonchev–Trinajstić information content (AvgIpc) is 3.09. The first-order chi connectivity index (χ1) is 12.2. The summed E-state index contributed by atoms with van der Waals surface area (Å²) in [5.74, 6) is -0.139. The van der Waals surface area contributed by atoms with Gasteiger partial charge < -0.3 is 4.90 Å². The van der Waals surface area contributed by atoms with E-state index in [1.165, 1.54) is 0 Å². The highest BCUT2D eigenvalue weighted by Crippen LogP contribution is 2.22. The van der Waals surface area contributed by atoms with Gasteiger partial charge in [0.2, 0.25) is 5.91 Å². The van der Waals surface area contributed by atoms with Crippen molar-refractivity contribution < 1.29 is 9.59 Å². The van der Waals surface area contributed by atoms with Gasteiger partial charge in [0.15, 0.2) is 0 Å². The lowest BCUT2D eigenvalue weighted by Gasteiger charge is -2.17. The maximum Gasteiger partial charge on any atom is 0.269 e. The summed E-state index contributed by atoms with van der Waals surface area (Å²) in [6.07, 6.45) is 3.33. The van der Waals surface area contributed by atoms with E-state index in [-0.39, 0.29) is 11.8 Å². The third-order valence-corrected chi connectivity index (χ3v) is 4.18. The minimum absolute atomic E-state index is 0.107. The summed E-state index contributed by atoms with van der Waals surface area (Å²) >= 11 is 0. The zero-order chi connectivity index (χ0) is 17.6. The summed E-state index contributed by atoms with van der Waals surface area (Å²) in [5, 5.41) is 0. The Bertz CT molecular complexity index is 800. The number of anilines is 1. The number of hydrogen-bond acceptors (Lipinski definition) is 3. The number of hydrazine groups is 1. The van der Waals surface area contributed by atoms with Gasteiger partial charge in [0.25, 0.3) is 5.91 Å². The Kier molecular flexibility index (Phi) is 5.14. The summed E-state index contributed by atoms with van der Waals surface area (Å²) in [6, 6.07) is 16.9. The highest BCUT2D eigenvalue weighted by Gasteiger charge is 2.22. The minimum atomic E-state index is -0.247. The third-order valence-electron chi connectivity index (χ3n) is 4.18. The topological polar surface area (TPSA) is 61.4 Å². The molecule has 1 aliphatic heterocycles. The average molecular weight is 335 g/mol. The van der Waals surface area contributed by atoms with Gasteiger partial charge in [-0.15, -0.1) is 0 Å². The number of rotatable bonds is 5. The number of carbonyl (C=O) groups excluding carboxylic acids is 2. The quantitative estimate of drug-likeness (QED) is 0.826. The molecule has 0 saturated carbocycles. The number of hydrogen-bond donors (Lipinski definition) is 2. The standard InChI is InChI=1S/C20H21N3O2/c1-2-18(15-8-4-3-5-9-15)21-22-20(25)16-10-6-11-17(14-16)23-13-7-12-19(23)24/h2-6,8-11,14,21H,7,12-13H2,1H3,(H,22,25). The van der Waals surface area contributed by atoms with Crippen molar-refractivity contribution in [2.75, 3.05) is 11.4 Å². The van der Waals surface area contributed by atoms with Crippen LogP contribution in [0.25, 0.3) is 5.70 Å². The second-order valence-electron chi connectivity index (χ2n) is 5.85. The number of carbonyl (C=O) groups is 2. The summed E-state index contributed by atoms with van der Waals surface area (Å²) in [5.41, 5.74) is 8.76. The van der Waals surface area contributed by atoms with Crippen molar-refractivity contribution in [3.63, 3.8) is 0 Å². The van der Waals surface area contributed by atoms with Crippen molar-refractivity contribution in [3.05, 3.63) is 71.8 Å². The maximum absolute atomic E-state index is 12.4. The van der Waals surface area contributed by atoms with Crippen LogP contribution < -0.4 is 15.8 Å². The van der Waals surface area contributed by atoms with Gasteiger partial charge in [-0.25, -0.2) is 0 Å². The fourth-order valence-electron chi connectivity index (χ4n) is 2.86. The molecule has 1 saturated heterocycles. The molecule has 1 aliphatic rings. The van der Waals surface area contributed by atoms with Crippen LogP contribution in [-0.4, -0.2) is 18.4 Å². The molecule has 1 heterocycles. The van der Waals surface area contributed by atoms with Gasteiger partial charge in [-0.2, -0.15) is 0 Å². The molecule has 0 aliphatic carbocycles. The summed E-state index contributed by atoms with van der Waals surface area (Å²) in [6.45, 7) is 2.61. The van der Waals surface area contributed by atoms with E-state index < -0.39 is 0 Å². The molecule has 128 valence electrons. The monoisotopic (exact) mass is 335 g/mol. The van der Waals surface area contributed by atoms with Crippen molar-refractivity contribution in [2.45, 2.75) is 19.8 Å². The van der Waals surface area contributed by atoms with Crippen LogP contribution in [0.3, 0.4) is 0 Å². The Hall–Kier alpha value is -3.08. The smallest absolute Gasteiger partial charge is 0.269 e. The molecule has 2 amide bonds. The maximum atomic E-state index is 12.4. The molecule has 25 heavy (non-hydrogen) atoms. The zero-order valence-corrected chi connectivity index (χ0v) is 14.2. The highest BCUT2D eigenvalue weighted by molar-refractivity contribution is 5.99.